The van der Waals surface area contributed by atoms with Crippen LogP contribution in [0.1, 0.15) is 40.9 Å². The summed E-state index contributed by atoms with van der Waals surface area (Å²) >= 11 is 0. The van der Waals surface area contributed by atoms with E-state index in [1.807, 2.05) is 39.0 Å². The summed E-state index contributed by atoms with van der Waals surface area (Å²) in [6.45, 7) is 5.89. The number of halogens is 2. The second-order valence-electron chi connectivity index (χ2n) is 9.72. The number of para-hydroxylation sites is 1. The number of aromatic nitrogens is 1. The van der Waals surface area contributed by atoms with Crippen LogP contribution in [0.2, 0.25) is 0 Å². The topological polar surface area (TPSA) is 80.7 Å². The highest BCUT2D eigenvalue weighted by molar-refractivity contribution is 6.30. The monoisotopic (exact) mass is 510 g/mol. The van der Waals surface area contributed by atoms with Crippen molar-refractivity contribution in [2.24, 2.45) is 4.99 Å². The number of allylic oxidation sites excluding steroid dienone is 2. The number of amides is 1. The van der Waals surface area contributed by atoms with Crippen molar-refractivity contribution in [1.82, 2.24) is 4.57 Å². The van der Waals surface area contributed by atoms with E-state index in [9.17, 15) is 18.4 Å². The normalized spacial score (nSPS) is 15.4. The van der Waals surface area contributed by atoms with Gasteiger partial charge in [-0.1, -0.05) is 24.3 Å². The first-order chi connectivity index (χ1) is 18.1. The minimum Gasteiger partial charge on any atom is -0.394 e. The van der Waals surface area contributed by atoms with Gasteiger partial charge in [0.05, 0.1) is 16.9 Å². The Bertz CT molecular complexity index is 1790. The van der Waals surface area contributed by atoms with Crippen molar-refractivity contribution in [3.8, 4) is 11.1 Å². The fraction of sp³-hybridized carbons (Fsp3) is 0.167. The third-order valence-corrected chi connectivity index (χ3v) is 7.49. The van der Waals surface area contributed by atoms with Crippen LogP contribution in [0.4, 0.5) is 25.8 Å². The fourth-order valence-electron chi connectivity index (χ4n) is 5.68. The Morgan fingerprint density at radius 2 is 1.82 bits per heavy atom. The number of aliphatic imine (C=N–C) groups is 1. The van der Waals surface area contributed by atoms with E-state index in [1.165, 1.54) is 0 Å². The molecule has 38 heavy (non-hydrogen) atoms. The maximum Gasteiger partial charge on any atom is 0.246 e. The molecule has 0 fully saturated rings. The lowest BCUT2D eigenvalue weighted by Crippen LogP contribution is -2.31. The summed E-state index contributed by atoms with van der Waals surface area (Å²) in [5, 5.41) is 0.585. The highest BCUT2D eigenvalue weighted by Gasteiger charge is 2.32. The predicted octanol–water partition coefficient (Wildman–Crippen LogP) is 6.19. The number of carbonyl (C=O) groups excluding carboxylic acids is 2. The van der Waals surface area contributed by atoms with Crippen LogP contribution >= 0.6 is 0 Å². The quantitative estimate of drug-likeness (QED) is 0.258. The number of ketones is 1. The van der Waals surface area contributed by atoms with Crippen LogP contribution < -0.4 is 10.6 Å². The molecule has 8 heteroatoms. The van der Waals surface area contributed by atoms with Gasteiger partial charge >= 0.3 is 0 Å². The average molecular weight is 511 g/mol. The molecule has 0 radical (unpaired) electrons. The average Bonchev–Trinajstić information content (AvgIpc) is 3.41. The lowest BCUT2D eigenvalue weighted by molar-refractivity contribution is -0.118. The molecule has 2 N–H and O–H groups in total. The van der Waals surface area contributed by atoms with Gasteiger partial charge < -0.3 is 15.2 Å². The van der Waals surface area contributed by atoms with Crippen LogP contribution in [0.15, 0.2) is 53.7 Å². The first-order valence-corrected chi connectivity index (χ1v) is 12.2. The maximum absolute atomic E-state index is 14.2. The number of hydrogen-bond donors (Lipinski definition) is 1. The summed E-state index contributed by atoms with van der Waals surface area (Å²) in [6.07, 6.45) is 3.61. The van der Waals surface area contributed by atoms with Gasteiger partial charge in [-0.15, -0.1) is 0 Å². The third kappa shape index (κ3) is 3.19. The number of aryl methyl sites for hydroxylation is 1. The molecule has 0 aliphatic carbocycles. The third-order valence-electron chi connectivity index (χ3n) is 7.49. The molecule has 2 aliphatic rings. The van der Waals surface area contributed by atoms with Gasteiger partial charge in [0.1, 0.15) is 23.9 Å². The molecule has 0 spiro atoms. The van der Waals surface area contributed by atoms with Crippen LogP contribution in [-0.4, -0.2) is 29.0 Å². The minimum absolute atomic E-state index is 0.0247. The standard InChI is InChI=1S/C30H24F2N4O2/c1-5-17-15(3)34-27-20(17)9-14(2)25-19-8-6-7-18-21(30(38)16-10-22(31)26(33)23(32)11-16)12-36(28(18)19)13-24(37)35(4)29(25)27/h5-12H,13,33H2,1-4H3. The molecule has 1 amide bonds. The van der Waals surface area contributed by atoms with Crippen molar-refractivity contribution in [3.63, 3.8) is 0 Å². The molecule has 4 aromatic rings. The van der Waals surface area contributed by atoms with Gasteiger partial charge in [0.15, 0.2) is 5.78 Å². The second-order valence-corrected chi connectivity index (χ2v) is 9.72. The van der Waals surface area contributed by atoms with Crippen LogP contribution in [0.5, 0.6) is 0 Å². The van der Waals surface area contributed by atoms with Gasteiger partial charge in [-0.25, -0.2) is 8.78 Å². The highest BCUT2D eigenvalue weighted by atomic mass is 19.1. The predicted molar refractivity (Wildman–Crippen MR) is 146 cm³/mol. The van der Waals surface area contributed by atoms with Crippen LogP contribution in [0, 0.1) is 18.6 Å². The van der Waals surface area contributed by atoms with Gasteiger partial charge in [0.2, 0.25) is 5.91 Å². The van der Waals surface area contributed by atoms with Crippen LogP contribution in [-0.2, 0) is 11.3 Å². The van der Waals surface area contributed by atoms with E-state index in [2.05, 4.69) is 6.07 Å². The van der Waals surface area contributed by atoms with Crippen LogP contribution in [0.3, 0.4) is 0 Å². The zero-order valence-electron chi connectivity index (χ0n) is 21.3. The molecule has 6 rings (SSSR count). The van der Waals surface area contributed by atoms with Gasteiger partial charge in [0.25, 0.3) is 0 Å². The Morgan fingerprint density at radius 1 is 1.11 bits per heavy atom. The number of fused-ring (bicyclic) bond motifs is 4. The number of nitrogens with zero attached hydrogens (tertiary/aromatic N) is 3. The number of likely N-dealkylation sites (N-methyl/N-ethyl adjacent to an activating group) is 1. The molecule has 0 unspecified atom stereocenters. The Hall–Kier alpha value is -4.59. The Balaban J connectivity index is 1.65. The SMILES string of the molecule is CC=C1C(C)=Nc2c1cc(C)c1c2N(C)C(=O)Cn2cc(C(=O)c3cc(F)c(N)c(F)c3)c3cccc-1c32. The minimum atomic E-state index is -0.998. The molecule has 0 saturated heterocycles. The maximum atomic E-state index is 14.2. The fourth-order valence-corrected chi connectivity index (χ4v) is 5.68. The largest absolute Gasteiger partial charge is 0.394 e. The Morgan fingerprint density at radius 3 is 2.50 bits per heavy atom. The Labute approximate surface area is 217 Å². The molecule has 6 nitrogen and oxygen atoms in total. The molecule has 0 saturated carbocycles. The van der Waals surface area contributed by atoms with E-state index >= 15 is 0 Å². The Kier molecular flexibility index (Phi) is 5.14. The van der Waals surface area contributed by atoms with Crippen molar-refractivity contribution in [2.45, 2.75) is 27.3 Å². The summed E-state index contributed by atoms with van der Waals surface area (Å²) < 4.78 is 30.1. The van der Waals surface area contributed by atoms with E-state index in [4.69, 9.17) is 10.7 Å². The molecular formula is C30H24F2N4O2. The molecular weight excluding hydrogens is 486 g/mol. The number of rotatable bonds is 2. The highest BCUT2D eigenvalue weighted by Crippen LogP contribution is 2.51. The summed E-state index contributed by atoms with van der Waals surface area (Å²) in [5.41, 5.74) is 12.6. The van der Waals surface area contributed by atoms with Gasteiger partial charge in [-0.05, 0) is 44.5 Å². The van der Waals surface area contributed by atoms with E-state index in [0.717, 1.165) is 57.0 Å². The molecule has 1 aromatic heterocycles. The lowest BCUT2D eigenvalue weighted by atomic mass is 9.90. The zero-order valence-corrected chi connectivity index (χ0v) is 21.3. The van der Waals surface area contributed by atoms with Crippen molar-refractivity contribution >= 4 is 50.9 Å². The summed E-state index contributed by atoms with van der Waals surface area (Å²) in [7, 11) is 1.74. The number of benzene rings is 3. The first-order valence-electron chi connectivity index (χ1n) is 12.2. The lowest BCUT2D eigenvalue weighted by Gasteiger charge is -2.28. The number of anilines is 2. The van der Waals surface area contributed by atoms with Crippen molar-refractivity contribution < 1.29 is 18.4 Å². The van der Waals surface area contributed by atoms with E-state index in [0.29, 0.717) is 10.9 Å². The smallest absolute Gasteiger partial charge is 0.246 e. The number of carbonyl (C=O) groups is 2. The van der Waals surface area contributed by atoms with Gasteiger partial charge in [0, 0.05) is 57.7 Å². The molecule has 0 bridgehead atoms. The van der Waals surface area contributed by atoms with E-state index in [1.54, 1.807) is 28.8 Å². The molecule has 0 atom stereocenters. The molecule has 190 valence electrons. The van der Waals surface area contributed by atoms with E-state index in [-0.39, 0.29) is 23.6 Å². The molecule has 2 aliphatic heterocycles. The molecule has 3 aromatic carbocycles. The van der Waals surface area contributed by atoms with Crippen molar-refractivity contribution in [1.29, 1.82) is 0 Å². The zero-order chi connectivity index (χ0) is 27.0. The summed E-state index contributed by atoms with van der Waals surface area (Å²) in [4.78, 5) is 33.5. The number of hydrogen-bond acceptors (Lipinski definition) is 4. The second kappa shape index (κ2) is 8.21. The summed E-state index contributed by atoms with van der Waals surface area (Å²) in [5.74, 6) is -2.74. The summed E-state index contributed by atoms with van der Waals surface area (Å²) in [6, 6.07) is 9.54. The number of nitrogens with two attached hydrogens (primary N) is 1. The first kappa shape index (κ1) is 23.8. The van der Waals surface area contributed by atoms with Gasteiger partial charge in [-0.3, -0.25) is 14.6 Å². The van der Waals surface area contributed by atoms with Crippen LogP contribution in [0.25, 0.3) is 27.6 Å². The van der Waals surface area contributed by atoms with Crippen molar-refractivity contribution in [2.75, 3.05) is 17.7 Å². The number of nitrogen functional groups attached to an aromatic ring is 1. The van der Waals surface area contributed by atoms with Gasteiger partial charge in [-0.2, -0.15) is 0 Å². The van der Waals surface area contributed by atoms with E-state index < -0.39 is 23.1 Å². The molecule has 3 heterocycles. The van der Waals surface area contributed by atoms with Crippen molar-refractivity contribution in [3.05, 3.63) is 82.6 Å².